The van der Waals surface area contributed by atoms with Crippen molar-refractivity contribution in [3.63, 3.8) is 0 Å². The van der Waals surface area contributed by atoms with Crippen LogP contribution in [-0.4, -0.2) is 37.1 Å². The summed E-state index contributed by atoms with van der Waals surface area (Å²) in [6.07, 6.45) is 2.70. The molecule has 3 rings (SSSR count). The first-order chi connectivity index (χ1) is 8.65. The van der Waals surface area contributed by atoms with Crippen LogP contribution in [0.4, 0.5) is 15.8 Å². The van der Waals surface area contributed by atoms with E-state index in [4.69, 9.17) is 5.73 Å². The number of rotatable bonds is 2. The molecule has 1 heterocycles. The lowest BCUT2D eigenvalue weighted by molar-refractivity contribution is 0.248. The van der Waals surface area contributed by atoms with Gasteiger partial charge in [0.2, 0.25) is 0 Å². The van der Waals surface area contributed by atoms with Gasteiger partial charge in [0.25, 0.3) is 0 Å². The number of piperazine rings is 1. The Balaban J connectivity index is 1.73. The van der Waals surface area contributed by atoms with Crippen molar-refractivity contribution < 1.29 is 4.39 Å². The van der Waals surface area contributed by atoms with Crippen molar-refractivity contribution in [3.05, 3.63) is 22.4 Å². The summed E-state index contributed by atoms with van der Waals surface area (Å²) >= 11 is 3.22. The predicted octanol–water partition coefficient (Wildman–Crippen LogP) is 2.45. The van der Waals surface area contributed by atoms with Crippen molar-refractivity contribution >= 4 is 27.3 Å². The zero-order valence-electron chi connectivity index (χ0n) is 10.2. The number of hydrogen-bond acceptors (Lipinski definition) is 3. The third-order valence-electron chi connectivity index (χ3n) is 3.79. The molecule has 18 heavy (non-hydrogen) atoms. The van der Waals surface area contributed by atoms with Crippen LogP contribution in [0.3, 0.4) is 0 Å². The maximum absolute atomic E-state index is 13.3. The van der Waals surface area contributed by atoms with Gasteiger partial charge in [0.05, 0.1) is 15.8 Å². The van der Waals surface area contributed by atoms with Crippen molar-refractivity contribution in [1.82, 2.24) is 4.90 Å². The normalized spacial score (nSPS) is 21.3. The third-order valence-corrected chi connectivity index (χ3v) is 4.40. The minimum absolute atomic E-state index is 0.298. The zero-order chi connectivity index (χ0) is 12.7. The number of halogens is 2. The second kappa shape index (κ2) is 4.70. The van der Waals surface area contributed by atoms with Gasteiger partial charge in [-0.25, -0.2) is 4.39 Å². The minimum Gasteiger partial charge on any atom is -0.397 e. The fourth-order valence-corrected chi connectivity index (χ4v) is 2.92. The van der Waals surface area contributed by atoms with E-state index in [0.29, 0.717) is 10.2 Å². The molecule has 3 nitrogen and oxygen atoms in total. The Hall–Kier alpha value is -0.810. The highest BCUT2D eigenvalue weighted by Crippen LogP contribution is 2.32. The van der Waals surface area contributed by atoms with Crippen molar-refractivity contribution in [2.24, 2.45) is 0 Å². The van der Waals surface area contributed by atoms with E-state index < -0.39 is 0 Å². The fraction of sp³-hybridized carbons (Fsp3) is 0.538. The van der Waals surface area contributed by atoms with Crippen molar-refractivity contribution in [2.75, 3.05) is 36.8 Å². The van der Waals surface area contributed by atoms with Crippen LogP contribution in [0.5, 0.6) is 0 Å². The van der Waals surface area contributed by atoms with Crippen LogP contribution in [0.2, 0.25) is 0 Å². The van der Waals surface area contributed by atoms with Gasteiger partial charge in [-0.15, -0.1) is 0 Å². The van der Waals surface area contributed by atoms with Gasteiger partial charge in [0, 0.05) is 38.3 Å². The lowest BCUT2D eigenvalue weighted by Crippen LogP contribution is -2.47. The summed E-state index contributed by atoms with van der Waals surface area (Å²) in [7, 11) is 0. The van der Waals surface area contributed by atoms with Gasteiger partial charge in [0.15, 0.2) is 0 Å². The topological polar surface area (TPSA) is 32.5 Å². The number of nitrogens with zero attached hydrogens (tertiary/aromatic N) is 2. The molecule has 0 radical (unpaired) electrons. The van der Waals surface area contributed by atoms with Gasteiger partial charge < -0.3 is 10.6 Å². The summed E-state index contributed by atoms with van der Waals surface area (Å²) in [4.78, 5) is 4.80. The van der Waals surface area contributed by atoms with Gasteiger partial charge in [0.1, 0.15) is 5.82 Å². The van der Waals surface area contributed by atoms with E-state index in [1.165, 1.54) is 18.9 Å². The van der Waals surface area contributed by atoms with Gasteiger partial charge in [-0.1, -0.05) is 0 Å². The number of hydrogen-bond donors (Lipinski definition) is 1. The number of benzene rings is 1. The molecular weight excluding hydrogens is 297 g/mol. The van der Waals surface area contributed by atoms with E-state index in [-0.39, 0.29) is 5.82 Å². The quantitative estimate of drug-likeness (QED) is 0.851. The number of anilines is 2. The average molecular weight is 314 g/mol. The summed E-state index contributed by atoms with van der Waals surface area (Å²) in [6, 6.07) is 4.01. The summed E-state index contributed by atoms with van der Waals surface area (Å²) < 4.78 is 13.8. The van der Waals surface area contributed by atoms with Gasteiger partial charge >= 0.3 is 0 Å². The highest BCUT2D eigenvalue weighted by atomic mass is 79.9. The molecule has 1 aromatic rings. The van der Waals surface area contributed by atoms with E-state index >= 15 is 0 Å². The Morgan fingerprint density at radius 3 is 2.44 bits per heavy atom. The summed E-state index contributed by atoms with van der Waals surface area (Å²) in [6.45, 7) is 4.11. The molecule has 5 heteroatoms. The maximum atomic E-state index is 13.3. The SMILES string of the molecule is Nc1cc(F)c(Br)cc1N1CCN(C2CC2)CC1. The molecule has 0 spiro atoms. The highest BCUT2D eigenvalue weighted by molar-refractivity contribution is 9.10. The minimum atomic E-state index is -0.298. The van der Waals surface area contributed by atoms with Crippen LogP contribution in [0.1, 0.15) is 12.8 Å². The monoisotopic (exact) mass is 313 g/mol. The molecule has 2 aliphatic rings. The average Bonchev–Trinajstić information content (AvgIpc) is 3.18. The first-order valence-corrected chi connectivity index (χ1v) is 7.18. The van der Waals surface area contributed by atoms with E-state index in [1.807, 2.05) is 0 Å². The second-order valence-corrected chi connectivity index (χ2v) is 5.93. The number of nitrogen functional groups attached to an aromatic ring is 1. The van der Waals surface area contributed by atoms with Gasteiger partial charge in [-0.3, -0.25) is 4.90 Å². The Morgan fingerprint density at radius 1 is 1.17 bits per heavy atom. The number of nitrogens with two attached hydrogens (primary N) is 1. The summed E-state index contributed by atoms with van der Waals surface area (Å²) in [5.41, 5.74) is 7.38. The van der Waals surface area contributed by atoms with Crippen LogP contribution in [0.15, 0.2) is 16.6 Å². The molecule has 0 aromatic heterocycles. The van der Waals surface area contributed by atoms with Crippen LogP contribution in [0, 0.1) is 5.82 Å². The van der Waals surface area contributed by atoms with Crippen LogP contribution in [0.25, 0.3) is 0 Å². The molecule has 98 valence electrons. The van der Waals surface area contributed by atoms with Crippen LogP contribution in [-0.2, 0) is 0 Å². The molecule has 0 bridgehead atoms. The lowest BCUT2D eigenvalue weighted by atomic mass is 10.2. The van der Waals surface area contributed by atoms with Crippen LogP contribution < -0.4 is 10.6 Å². The van der Waals surface area contributed by atoms with E-state index in [1.54, 1.807) is 6.07 Å². The molecule has 2 N–H and O–H groups in total. The summed E-state index contributed by atoms with van der Waals surface area (Å²) in [5, 5.41) is 0. The molecule has 0 amide bonds. The van der Waals surface area contributed by atoms with Gasteiger partial charge in [-0.2, -0.15) is 0 Å². The Labute approximate surface area is 115 Å². The Kier molecular flexibility index (Phi) is 3.20. The standard InChI is InChI=1S/C13H17BrFN3/c14-10-7-13(12(16)8-11(10)15)18-5-3-17(4-6-18)9-1-2-9/h7-9H,1-6,16H2. The highest BCUT2D eigenvalue weighted by Gasteiger charge is 2.31. The predicted molar refractivity (Wildman–Crippen MR) is 75.3 cm³/mol. The fourth-order valence-electron chi connectivity index (χ4n) is 2.59. The van der Waals surface area contributed by atoms with Crippen molar-refractivity contribution in [3.8, 4) is 0 Å². The largest absolute Gasteiger partial charge is 0.397 e. The molecule has 1 saturated heterocycles. The van der Waals surface area contributed by atoms with Gasteiger partial charge in [-0.05, 0) is 34.8 Å². The Bertz CT molecular complexity index is 454. The second-order valence-electron chi connectivity index (χ2n) is 5.08. The van der Waals surface area contributed by atoms with E-state index in [0.717, 1.165) is 37.9 Å². The third kappa shape index (κ3) is 2.34. The first-order valence-electron chi connectivity index (χ1n) is 6.38. The molecule has 1 aliphatic heterocycles. The van der Waals surface area contributed by atoms with Crippen molar-refractivity contribution in [2.45, 2.75) is 18.9 Å². The molecule has 1 aromatic carbocycles. The van der Waals surface area contributed by atoms with Crippen molar-refractivity contribution in [1.29, 1.82) is 0 Å². The molecule has 1 saturated carbocycles. The Morgan fingerprint density at radius 2 is 1.83 bits per heavy atom. The molecule has 0 unspecified atom stereocenters. The van der Waals surface area contributed by atoms with E-state index in [2.05, 4.69) is 25.7 Å². The molecule has 1 aliphatic carbocycles. The van der Waals surface area contributed by atoms with E-state index in [9.17, 15) is 4.39 Å². The first kappa shape index (κ1) is 12.2. The van der Waals surface area contributed by atoms with Crippen LogP contribution >= 0.6 is 15.9 Å². The molecule has 2 fully saturated rings. The molecule has 0 atom stereocenters. The summed E-state index contributed by atoms with van der Waals surface area (Å²) in [5.74, 6) is -0.298. The molecular formula is C13H17BrFN3. The lowest BCUT2D eigenvalue weighted by Gasteiger charge is -2.36. The zero-order valence-corrected chi connectivity index (χ0v) is 11.8. The smallest absolute Gasteiger partial charge is 0.139 e. The maximum Gasteiger partial charge on any atom is 0.139 e.